The summed E-state index contributed by atoms with van der Waals surface area (Å²) in [6.45, 7) is 0.664. The molecule has 1 aliphatic heterocycles. The van der Waals surface area contributed by atoms with Crippen molar-refractivity contribution in [3.63, 3.8) is 0 Å². The van der Waals surface area contributed by atoms with Gasteiger partial charge in [0.2, 0.25) is 10.0 Å². The summed E-state index contributed by atoms with van der Waals surface area (Å²) in [6.07, 6.45) is 1.57. The van der Waals surface area contributed by atoms with E-state index < -0.39 is 10.0 Å². The molecule has 8 heteroatoms. The lowest BCUT2D eigenvalue weighted by molar-refractivity contribution is 0.280. The van der Waals surface area contributed by atoms with Gasteiger partial charge in [-0.15, -0.1) is 5.10 Å². The van der Waals surface area contributed by atoms with Crippen molar-refractivity contribution in [3.8, 4) is 6.07 Å². The van der Waals surface area contributed by atoms with Gasteiger partial charge < -0.3 is 5.32 Å². The number of aromatic nitrogens is 2. The molecule has 22 heavy (non-hydrogen) atoms. The number of benzene rings is 1. The summed E-state index contributed by atoms with van der Waals surface area (Å²) in [5.74, 6) is 0.613. The van der Waals surface area contributed by atoms with Crippen LogP contribution in [0.25, 0.3) is 0 Å². The van der Waals surface area contributed by atoms with E-state index in [4.69, 9.17) is 5.26 Å². The Labute approximate surface area is 128 Å². The highest BCUT2D eigenvalue weighted by molar-refractivity contribution is 7.89. The number of nitrogens with zero attached hydrogens (tertiary/aromatic N) is 4. The molecule has 2 heterocycles. The van der Waals surface area contributed by atoms with Gasteiger partial charge in [-0.3, -0.25) is 0 Å². The molecule has 0 aliphatic carbocycles. The quantitative estimate of drug-likeness (QED) is 0.897. The molecule has 0 atom stereocenters. The molecule has 7 nitrogen and oxygen atoms in total. The lowest BCUT2D eigenvalue weighted by Crippen LogP contribution is -2.56. The Hall–Kier alpha value is -2.50. The minimum absolute atomic E-state index is 0.0132. The van der Waals surface area contributed by atoms with Crippen LogP contribution in [0, 0.1) is 11.3 Å². The number of nitrogens with one attached hydrogen (secondary N) is 1. The normalized spacial score (nSPS) is 15.8. The van der Waals surface area contributed by atoms with Crippen molar-refractivity contribution in [1.82, 2.24) is 14.5 Å². The SMILES string of the molecule is N#Cc1ccccc1S(=O)(=O)N1CC(Nc2cccnn2)C1. The molecule has 0 radical (unpaired) electrons. The molecule has 1 aromatic carbocycles. The molecule has 0 bridgehead atoms. The molecule has 0 unspecified atom stereocenters. The molecule has 1 N–H and O–H groups in total. The molecule has 0 saturated carbocycles. The van der Waals surface area contributed by atoms with Crippen molar-refractivity contribution in [2.75, 3.05) is 18.4 Å². The lowest BCUT2D eigenvalue weighted by Gasteiger charge is -2.38. The monoisotopic (exact) mass is 315 g/mol. The first-order chi connectivity index (χ1) is 10.6. The zero-order valence-electron chi connectivity index (χ0n) is 11.5. The smallest absolute Gasteiger partial charge is 0.244 e. The Bertz CT molecular complexity index is 811. The topological polar surface area (TPSA) is 99.0 Å². The van der Waals surface area contributed by atoms with E-state index in [0.29, 0.717) is 18.9 Å². The van der Waals surface area contributed by atoms with E-state index in [2.05, 4.69) is 15.5 Å². The average molecular weight is 315 g/mol. The summed E-state index contributed by atoms with van der Waals surface area (Å²) in [5, 5.41) is 19.8. The van der Waals surface area contributed by atoms with Crippen LogP contribution in [0.3, 0.4) is 0 Å². The van der Waals surface area contributed by atoms with Crippen LogP contribution in [0.4, 0.5) is 5.82 Å². The molecule has 3 rings (SSSR count). The largest absolute Gasteiger partial charge is 0.363 e. The van der Waals surface area contributed by atoms with Crippen LogP contribution < -0.4 is 5.32 Å². The summed E-state index contributed by atoms with van der Waals surface area (Å²) in [4.78, 5) is 0.0513. The van der Waals surface area contributed by atoms with Crippen molar-refractivity contribution in [1.29, 1.82) is 5.26 Å². The summed E-state index contributed by atoms with van der Waals surface area (Å²) in [6, 6.07) is 11.6. The second-order valence-electron chi connectivity index (χ2n) is 4.88. The predicted molar refractivity (Wildman–Crippen MR) is 79.4 cm³/mol. The number of anilines is 1. The zero-order valence-corrected chi connectivity index (χ0v) is 12.4. The highest BCUT2D eigenvalue weighted by Crippen LogP contribution is 2.25. The van der Waals surface area contributed by atoms with E-state index in [9.17, 15) is 8.42 Å². The van der Waals surface area contributed by atoms with Crippen LogP contribution in [0.15, 0.2) is 47.5 Å². The maximum atomic E-state index is 12.5. The van der Waals surface area contributed by atoms with E-state index in [1.165, 1.54) is 16.4 Å². The molecule has 1 aromatic heterocycles. The Balaban J connectivity index is 1.71. The molecule has 1 fully saturated rings. The standard InChI is InChI=1S/C14H13N5O2S/c15-8-11-4-1-2-5-13(11)22(20,21)19-9-12(10-19)17-14-6-3-7-16-18-14/h1-7,12H,9-10H2,(H,17,18). The molecular weight excluding hydrogens is 302 g/mol. The van der Waals surface area contributed by atoms with Crippen molar-refractivity contribution >= 4 is 15.8 Å². The van der Waals surface area contributed by atoms with Gasteiger partial charge in [-0.25, -0.2) is 8.42 Å². The molecule has 0 spiro atoms. The minimum Gasteiger partial charge on any atom is -0.363 e. The van der Waals surface area contributed by atoms with Crippen molar-refractivity contribution in [3.05, 3.63) is 48.2 Å². The molecule has 2 aromatic rings. The van der Waals surface area contributed by atoms with Crippen LogP contribution in [0.1, 0.15) is 5.56 Å². The van der Waals surface area contributed by atoms with Gasteiger partial charge in [0.25, 0.3) is 0 Å². The molecule has 0 amide bonds. The third kappa shape index (κ3) is 2.64. The second kappa shape index (κ2) is 5.71. The fourth-order valence-electron chi connectivity index (χ4n) is 2.24. The predicted octanol–water partition coefficient (Wildman–Crippen LogP) is 0.833. The van der Waals surface area contributed by atoms with Gasteiger partial charge in [0.1, 0.15) is 11.9 Å². The van der Waals surface area contributed by atoms with E-state index in [-0.39, 0.29) is 16.5 Å². The van der Waals surface area contributed by atoms with Gasteiger partial charge in [-0.2, -0.15) is 14.7 Å². The van der Waals surface area contributed by atoms with E-state index in [1.807, 2.05) is 6.07 Å². The minimum atomic E-state index is -3.64. The highest BCUT2D eigenvalue weighted by Gasteiger charge is 2.37. The first-order valence-corrected chi connectivity index (χ1v) is 8.09. The summed E-state index contributed by atoms with van der Waals surface area (Å²) >= 11 is 0. The number of hydrogen-bond donors (Lipinski definition) is 1. The van der Waals surface area contributed by atoms with Gasteiger partial charge in [-0.05, 0) is 24.3 Å². The fraction of sp³-hybridized carbons (Fsp3) is 0.214. The van der Waals surface area contributed by atoms with Crippen molar-refractivity contribution in [2.24, 2.45) is 0 Å². The average Bonchev–Trinajstić information content (AvgIpc) is 2.51. The van der Waals surface area contributed by atoms with Crippen LogP contribution >= 0.6 is 0 Å². The summed E-state index contributed by atoms with van der Waals surface area (Å²) < 4.78 is 26.4. The van der Waals surface area contributed by atoms with Crippen LogP contribution in [0.5, 0.6) is 0 Å². The van der Waals surface area contributed by atoms with Gasteiger partial charge in [0.15, 0.2) is 0 Å². The first-order valence-electron chi connectivity index (χ1n) is 6.65. The van der Waals surface area contributed by atoms with Gasteiger partial charge in [0.05, 0.1) is 16.5 Å². The second-order valence-corrected chi connectivity index (χ2v) is 6.79. The lowest BCUT2D eigenvalue weighted by atomic mass is 10.2. The first kappa shape index (κ1) is 14.4. The number of hydrogen-bond acceptors (Lipinski definition) is 6. The number of sulfonamides is 1. The van der Waals surface area contributed by atoms with Crippen molar-refractivity contribution in [2.45, 2.75) is 10.9 Å². The fourth-order valence-corrected chi connectivity index (χ4v) is 3.91. The zero-order chi connectivity index (χ0) is 15.6. The molecular formula is C14H13N5O2S. The van der Waals surface area contributed by atoms with Crippen LogP contribution in [0.2, 0.25) is 0 Å². The number of rotatable bonds is 4. The molecule has 1 saturated heterocycles. The maximum absolute atomic E-state index is 12.5. The van der Waals surface area contributed by atoms with Gasteiger partial charge in [0, 0.05) is 19.3 Å². The Morgan fingerprint density at radius 1 is 1.23 bits per heavy atom. The molecule has 1 aliphatic rings. The third-order valence-electron chi connectivity index (χ3n) is 3.40. The highest BCUT2D eigenvalue weighted by atomic mass is 32.2. The van der Waals surface area contributed by atoms with E-state index >= 15 is 0 Å². The third-order valence-corrected chi connectivity index (χ3v) is 5.29. The number of nitriles is 1. The molecule has 112 valence electrons. The Kier molecular flexibility index (Phi) is 3.75. The van der Waals surface area contributed by atoms with Gasteiger partial charge >= 0.3 is 0 Å². The van der Waals surface area contributed by atoms with Gasteiger partial charge in [-0.1, -0.05) is 12.1 Å². The van der Waals surface area contributed by atoms with E-state index in [0.717, 1.165) is 0 Å². The summed E-state index contributed by atoms with van der Waals surface area (Å²) in [5.41, 5.74) is 0.160. The maximum Gasteiger partial charge on any atom is 0.244 e. The Morgan fingerprint density at radius 2 is 2.00 bits per heavy atom. The van der Waals surface area contributed by atoms with Crippen LogP contribution in [-0.4, -0.2) is 42.1 Å². The Morgan fingerprint density at radius 3 is 2.68 bits per heavy atom. The van der Waals surface area contributed by atoms with Crippen LogP contribution in [-0.2, 0) is 10.0 Å². The van der Waals surface area contributed by atoms with Crippen molar-refractivity contribution < 1.29 is 8.42 Å². The van der Waals surface area contributed by atoms with E-state index in [1.54, 1.807) is 30.5 Å². The summed E-state index contributed by atoms with van der Waals surface area (Å²) in [7, 11) is -3.64.